The third-order valence-corrected chi connectivity index (χ3v) is 5.68. The summed E-state index contributed by atoms with van der Waals surface area (Å²) in [6.45, 7) is 8.16. The molecular weight excluding hydrogens is 322 g/mol. The average molecular weight is 348 g/mol. The maximum Gasteiger partial charge on any atom is 0.0645 e. The van der Waals surface area contributed by atoms with Gasteiger partial charge in [-0.1, -0.05) is 47.2 Å². The van der Waals surface area contributed by atoms with Crippen molar-refractivity contribution in [2.45, 2.75) is 32.4 Å². The van der Waals surface area contributed by atoms with Crippen LogP contribution in [0, 0.1) is 0 Å². The summed E-state index contributed by atoms with van der Waals surface area (Å²) in [5.74, 6) is 1.04. The van der Waals surface area contributed by atoms with Crippen molar-refractivity contribution in [2.24, 2.45) is 0 Å². The molecule has 23 heavy (non-hydrogen) atoms. The number of thiol groups is 1. The normalized spacial score (nSPS) is 18.4. The highest BCUT2D eigenvalue weighted by Gasteiger charge is 2.30. The van der Waals surface area contributed by atoms with E-state index in [1.165, 1.54) is 21.9 Å². The van der Waals surface area contributed by atoms with Crippen LogP contribution in [0.4, 0.5) is 0 Å². The fourth-order valence-corrected chi connectivity index (χ4v) is 3.91. The summed E-state index contributed by atoms with van der Waals surface area (Å²) in [6, 6.07) is 13.4. The van der Waals surface area contributed by atoms with Crippen LogP contribution in [0.1, 0.15) is 25.0 Å². The zero-order valence-electron chi connectivity index (χ0n) is 13.9. The van der Waals surface area contributed by atoms with Gasteiger partial charge in [0.1, 0.15) is 0 Å². The van der Waals surface area contributed by atoms with Crippen LogP contribution in [0.15, 0.2) is 36.4 Å². The van der Waals surface area contributed by atoms with Gasteiger partial charge in [0.05, 0.1) is 13.2 Å². The van der Waals surface area contributed by atoms with Gasteiger partial charge in [-0.15, -0.1) is 11.7 Å². The molecule has 0 spiro atoms. The quantitative estimate of drug-likeness (QED) is 0.629. The molecule has 0 aromatic heterocycles. The Morgan fingerprint density at radius 3 is 2.52 bits per heavy atom. The van der Waals surface area contributed by atoms with E-state index in [2.05, 4.69) is 66.8 Å². The zero-order valence-corrected chi connectivity index (χ0v) is 15.6. The minimum atomic E-state index is 0.0979. The first-order chi connectivity index (χ1) is 11.1. The van der Waals surface area contributed by atoms with E-state index in [0.29, 0.717) is 0 Å². The molecule has 0 N–H and O–H groups in total. The van der Waals surface area contributed by atoms with Crippen molar-refractivity contribution in [3.05, 3.63) is 47.5 Å². The highest BCUT2D eigenvalue weighted by atomic mass is 33.1. The van der Waals surface area contributed by atoms with E-state index in [1.54, 1.807) is 10.8 Å². The largest absolute Gasteiger partial charge is 0.378 e. The first-order valence-electron chi connectivity index (χ1n) is 8.20. The third kappa shape index (κ3) is 3.87. The summed E-state index contributed by atoms with van der Waals surface area (Å²) in [5, 5.41) is 2.77. The van der Waals surface area contributed by atoms with E-state index in [1.807, 2.05) is 0 Å². The van der Waals surface area contributed by atoms with Gasteiger partial charge in [0, 0.05) is 24.4 Å². The van der Waals surface area contributed by atoms with Crippen LogP contribution in [0.3, 0.4) is 0 Å². The molecule has 0 amide bonds. The lowest BCUT2D eigenvalue weighted by Crippen LogP contribution is -2.52. The molecule has 1 aliphatic rings. The number of hydrogen-bond donors (Lipinski definition) is 1. The predicted molar refractivity (Wildman–Crippen MR) is 104 cm³/mol. The Bertz CT molecular complexity index is 671. The summed E-state index contributed by atoms with van der Waals surface area (Å²) in [6.07, 6.45) is 1.07. The molecule has 1 heterocycles. The Balaban J connectivity index is 1.92. The SMILES string of the molecule is CC1(C)COCCN1Cc1ccc(CCSS)c2ccccc12. The molecule has 0 bridgehead atoms. The molecule has 4 heteroatoms. The number of benzene rings is 2. The van der Waals surface area contributed by atoms with Crippen molar-refractivity contribution >= 4 is 33.2 Å². The molecule has 0 radical (unpaired) electrons. The van der Waals surface area contributed by atoms with Gasteiger partial charge < -0.3 is 4.74 Å². The van der Waals surface area contributed by atoms with Gasteiger partial charge in [0.15, 0.2) is 0 Å². The maximum atomic E-state index is 5.65. The number of hydrogen-bond acceptors (Lipinski definition) is 4. The molecule has 0 saturated carbocycles. The number of ether oxygens (including phenoxy) is 1. The van der Waals surface area contributed by atoms with Gasteiger partial charge in [-0.25, -0.2) is 0 Å². The van der Waals surface area contributed by atoms with E-state index in [0.717, 1.165) is 38.5 Å². The van der Waals surface area contributed by atoms with E-state index >= 15 is 0 Å². The average Bonchev–Trinajstić information content (AvgIpc) is 2.56. The number of morpholine rings is 1. The molecule has 124 valence electrons. The van der Waals surface area contributed by atoms with Gasteiger partial charge in [-0.05, 0) is 42.2 Å². The molecule has 2 nitrogen and oxygen atoms in total. The van der Waals surface area contributed by atoms with Crippen LogP contribution < -0.4 is 0 Å². The Hall–Kier alpha value is -0.680. The van der Waals surface area contributed by atoms with Gasteiger partial charge in [-0.3, -0.25) is 4.90 Å². The van der Waals surface area contributed by atoms with Crippen LogP contribution in [0.5, 0.6) is 0 Å². The summed E-state index contributed by atoms with van der Waals surface area (Å²) in [4.78, 5) is 2.54. The number of aryl methyl sites for hydroxylation is 1. The predicted octanol–water partition coefficient (Wildman–Crippen LogP) is 4.57. The van der Waals surface area contributed by atoms with Crippen LogP contribution in [0.25, 0.3) is 10.8 Å². The topological polar surface area (TPSA) is 12.5 Å². The molecule has 1 aliphatic heterocycles. The van der Waals surface area contributed by atoms with E-state index in [4.69, 9.17) is 4.74 Å². The van der Waals surface area contributed by atoms with E-state index in [9.17, 15) is 0 Å². The Labute approximate surface area is 148 Å². The fraction of sp³-hybridized carbons (Fsp3) is 0.474. The molecule has 0 unspecified atom stereocenters. The standard InChI is InChI=1S/C19H25NOS2/c1-19(2)14-21-11-10-20(19)13-16-8-7-15(9-12-23-22)17-5-3-4-6-18(16)17/h3-8,22H,9-14H2,1-2H3. The van der Waals surface area contributed by atoms with Crippen LogP contribution in [0.2, 0.25) is 0 Å². The second-order valence-electron chi connectivity index (χ2n) is 6.80. The fourth-order valence-electron chi connectivity index (χ4n) is 3.32. The monoisotopic (exact) mass is 347 g/mol. The number of nitrogens with zero attached hydrogens (tertiary/aromatic N) is 1. The van der Waals surface area contributed by atoms with Gasteiger partial charge in [-0.2, -0.15) is 0 Å². The lowest BCUT2D eigenvalue weighted by Gasteiger charge is -2.42. The van der Waals surface area contributed by atoms with Gasteiger partial charge >= 0.3 is 0 Å². The second-order valence-corrected chi connectivity index (χ2v) is 8.24. The molecule has 1 fully saturated rings. The van der Waals surface area contributed by atoms with E-state index < -0.39 is 0 Å². The molecule has 0 aliphatic carbocycles. The first-order valence-corrected chi connectivity index (χ1v) is 10.2. The molecule has 3 rings (SSSR count). The lowest BCUT2D eigenvalue weighted by atomic mass is 9.96. The van der Waals surface area contributed by atoms with Crippen molar-refractivity contribution in [3.63, 3.8) is 0 Å². The summed E-state index contributed by atoms with van der Waals surface area (Å²) >= 11 is 4.27. The summed E-state index contributed by atoms with van der Waals surface area (Å²) in [7, 11) is 1.61. The van der Waals surface area contributed by atoms with Gasteiger partial charge in [0.25, 0.3) is 0 Å². The van der Waals surface area contributed by atoms with E-state index in [-0.39, 0.29) is 5.54 Å². The van der Waals surface area contributed by atoms with Crippen LogP contribution in [-0.4, -0.2) is 36.0 Å². The van der Waals surface area contributed by atoms with Gasteiger partial charge in [0.2, 0.25) is 0 Å². The van der Waals surface area contributed by atoms with Crippen molar-refractivity contribution in [1.29, 1.82) is 0 Å². The highest BCUT2D eigenvalue weighted by Crippen LogP contribution is 2.28. The smallest absolute Gasteiger partial charge is 0.0645 e. The molecular formula is C19H25NOS2. The summed E-state index contributed by atoms with van der Waals surface area (Å²) in [5.41, 5.74) is 2.94. The number of rotatable bonds is 5. The second kappa shape index (κ2) is 7.47. The molecule has 2 aromatic rings. The minimum Gasteiger partial charge on any atom is -0.378 e. The van der Waals surface area contributed by atoms with Crippen LogP contribution in [-0.2, 0) is 17.7 Å². The highest BCUT2D eigenvalue weighted by molar-refractivity contribution is 8.68. The van der Waals surface area contributed by atoms with Crippen molar-refractivity contribution in [1.82, 2.24) is 4.90 Å². The zero-order chi connectivity index (χ0) is 16.3. The Morgan fingerprint density at radius 2 is 1.83 bits per heavy atom. The third-order valence-electron chi connectivity index (χ3n) is 4.75. The lowest BCUT2D eigenvalue weighted by molar-refractivity contribution is -0.0551. The molecule has 0 atom stereocenters. The van der Waals surface area contributed by atoms with Crippen molar-refractivity contribution < 1.29 is 4.74 Å². The summed E-state index contributed by atoms with van der Waals surface area (Å²) < 4.78 is 5.65. The Morgan fingerprint density at radius 1 is 1.13 bits per heavy atom. The first kappa shape index (κ1) is 17.2. The van der Waals surface area contributed by atoms with Crippen molar-refractivity contribution in [3.8, 4) is 0 Å². The maximum absolute atomic E-state index is 5.65. The van der Waals surface area contributed by atoms with Crippen LogP contribution >= 0.6 is 22.5 Å². The number of fused-ring (bicyclic) bond motifs is 1. The molecule has 1 saturated heterocycles. The minimum absolute atomic E-state index is 0.0979. The van der Waals surface area contributed by atoms with Crippen molar-refractivity contribution in [2.75, 3.05) is 25.5 Å². The molecule has 2 aromatic carbocycles. The Kier molecular flexibility index (Phi) is 5.57.